The van der Waals surface area contributed by atoms with Gasteiger partial charge in [0.1, 0.15) is 6.61 Å². The first-order valence-corrected chi connectivity index (χ1v) is 6.37. The zero-order valence-electron chi connectivity index (χ0n) is 11.0. The van der Waals surface area contributed by atoms with Gasteiger partial charge in [0.2, 0.25) is 5.91 Å². The molecule has 3 aliphatic heterocycles. The average Bonchev–Trinajstić information content (AvgIpc) is 2.33. The number of nitrogens with zero attached hydrogens (tertiary/aromatic N) is 1. The van der Waals surface area contributed by atoms with E-state index in [0.29, 0.717) is 12.1 Å². The van der Waals surface area contributed by atoms with Crippen LogP contribution in [0.25, 0.3) is 0 Å². The van der Waals surface area contributed by atoms with E-state index < -0.39 is 0 Å². The van der Waals surface area contributed by atoms with Crippen molar-refractivity contribution < 1.29 is 9.90 Å². The molecule has 16 heavy (non-hydrogen) atoms. The molecule has 0 aromatic carbocycles. The third kappa shape index (κ3) is 3.76. The molecular weight excluding hydrogens is 204 g/mol. The molecule has 3 heterocycles. The van der Waals surface area contributed by atoms with Crippen molar-refractivity contribution in [3.05, 3.63) is 0 Å². The van der Waals surface area contributed by atoms with Crippen LogP contribution in [-0.4, -0.2) is 47.7 Å². The van der Waals surface area contributed by atoms with Gasteiger partial charge >= 0.3 is 0 Å². The molecule has 1 amide bonds. The molecule has 2 bridgehead atoms. The maximum absolute atomic E-state index is 11.1. The zero-order valence-corrected chi connectivity index (χ0v) is 11.0. The smallest absolute Gasteiger partial charge is 0.248 e. The van der Waals surface area contributed by atoms with Gasteiger partial charge in [0.25, 0.3) is 0 Å². The lowest BCUT2D eigenvalue weighted by atomic mass is 9.89. The summed E-state index contributed by atoms with van der Waals surface area (Å²) in [5.41, 5.74) is 0. The molecule has 0 saturated carbocycles. The van der Waals surface area contributed by atoms with Crippen molar-refractivity contribution in [1.82, 2.24) is 10.2 Å². The standard InChI is InChI=1S/C7H12N2O2.C3H8.C2H6/c10-4-7(11)9-5-1-6(9)3-8-2-5;1-3-2;1-2/h5-6,8,10H,1-4H2;3H2,1-2H3;1-2H3. The molecular formula is C12H26N2O2. The van der Waals surface area contributed by atoms with Crippen LogP contribution < -0.4 is 5.32 Å². The number of hydrogen-bond donors (Lipinski definition) is 2. The Labute approximate surface area is 99.0 Å². The first-order valence-electron chi connectivity index (χ1n) is 6.37. The van der Waals surface area contributed by atoms with E-state index in [9.17, 15) is 4.79 Å². The SMILES string of the molecule is CC.CCC.O=C(CO)N1C2CNCC1C2. The lowest BCUT2D eigenvalue weighted by Gasteiger charge is -2.52. The largest absolute Gasteiger partial charge is 0.387 e. The van der Waals surface area contributed by atoms with Gasteiger partial charge in [-0.3, -0.25) is 4.79 Å². The predicted octanol–water partition coefficient (Wildman–Crippen LogP) is 0.994. The third-order valence-corrected chi connectivity index (χ3v) is 2.51. The van der Waals surface area contributed by atoms with Gasteiger partial charge in [-0.2, -0.15) is 0 Å². The molecule has 3 rings (SSSR count). The third-order valence-electron chi connectivity index (χ3n) is 2.51. The first-order chi connectivity index (χ1) is 7.74. The number of aliphatic hydroxyl groups excluding tert-OH is 1. The van der Waals surface area contributed by atoms with Crippen molar-refractivity contribution in [2.75, 3.05) is 19.7 Å². The molecule has 0 spiro atoms. The molecule has 3 fully saturated rings. The summed E-state index contributed by atoms with van der Waals surface area (Å²) in [7, 11) is 0. The van der Waals surface area contributed by atoms with Crippen LogP contribution in [0, 0.1) is 0 Å². The topological polar surface area (TPSA) is 52.6 Å². The van der Waals surface area contributed by atoms with Crippen molar-refractivity contribution in [3.63, 3.8) is 0 Å². The fourth-order valence-electron chi connectivity index (χ4n) is 1.97. The lowest BCUT2D eigenvalue weighted by Crippen LogP contribution is -2.69. The van der Waals surface area contributed by atoms with E-state index in [2.05, 4.69) is 19.2 Å². The normalized spacial score (nSPS) is 25.4. The minimum Gasteiger partial charge on any atom is -0.387 e. The van der Waals surface area contributed by atoms with Gasteiger partial charge in [0.05, 0.1) is 0 Å². The molecule has 2 atom stereocenters. The Bertz CT molecular complexity index is 183. The summed E-state index contributed by atoms with van der Waals surface area (Å²) in [5.74, 6) is -0.118. The van der Waals surface area contributed by atoms with E-state index in [1.165, 1.54) is 6.42 Å². The summed E-state index contributed by atoms with van der Waals surface area (Å²) in [6.07, 6.45) is 2.36. The Morgan fingerprint density at radius 2 is 1.75 bits per heavy atom. The minimum atomic E-state index is -0.340. The van der Waals surface area contributed by atoms with E-state index in [1.807, 2.05) is 13.8 Å². The van der Waals surface area contributed by atoms with Gasteiger partial charge < -0.3 is 15.3 Å². The molecule has 0 aliphatic carbocycles. The molecule has 4 nitrogen and oxygen atoms in total. The highest BCUT2D eigenvalue weighted by atomic mass is 16.3. The van der Waals surface area contributed by atoms with Crippen LogP contribution in [-0.2, 0) is 4.79 Å². The van der Waals surface area contributed by atoms with Crippen LogP contribution in [0.3, 0.4) is 0 Å². The number of nitrogens with one attached hydrogen (secondary N) is 1. The lowest BCUT2D eigenvalue weighted by molar-refractivity contribution is -0.150. The Balaban J connectivity index is 0.000000394. The van der Waals surface area contributed by atoms with Crippen LogP contribution in [0.1, 0.15) is 40.5 Å². The number of piperazine rings is 1. The highest BCUT2D eigenvalue weighted by Crippen LogP contribution is 2.27. The number of rotatable bonds is 1. The Kier molecular flexibility index (Phi) is 8.21. The van der Waals surface area contributed by atoms with Crippen molar-refractivity contribution in [1.29, 1.82) is 0 Å². The Morgan fingerprint density at radius 3 is 2.06 bits per heavy atom. The fraction of sp³-hybridized carbons (Fsp3) is 0.917. The summed E-state index contributed by atoms with van der Waals surface area (Å²) in [6.45, 7) is 9.69. The molecule has 96 valence electrons. The zero-order chi connectivity index (χ0) is 12.6. The molecule has 0 aromatic heterocycles. The maximum Gasteiger partial charge on any atom is 0.248 e. The van der Waals surface area contributed by atoms with Crippen molar-refractivity contribution in [3.8, 4) is 0 Å². The summed E-state index contributed by atoms with van der Waals surface area (Å²) in [6, 6.07) is 0.710. The number of carbonyl (C=O) groups excluding carboxylic acids is 1. The van der Waals surface area contributed by atoms with Gasteiger partial charge in [0, 0.05) is 25.2 Å². The van der Waals surface area contributed by atoms with Crippen LogP contribution in [0.4, 0.5) is 0 Å². The number of piperidine rings is 1. The number of carbonyl (C=O) groups is 1. The molecule has 3 aliphatic rings. The second-order valence-electron chi connectivity index (χ2n) is 3.87. The van der Waals surface area contributed by atoms with E-state index in [4.69, 9.17) is 5.11 Å². The summed E-state index contributed by atoms with van der Waals surface area (Å²) in [4.78, 5) is 12.9. The van der Waals surface area contributed by atoms with Gasteiger partial charge in [0.15, 0.2) is 0 Å². The van der Waals surface area contributed by atoms with Gasteiger partial charge in [-0.1, -0.05) is 34.1 Å². The summed E-state index contributed by atoms with van der Waals surface area (Å²) >= 11 is 0. The van der Waals surface area contributed by atoms with Gasteiger partial charge in [-0.25, -0.2) is 0 Å². The van der Waals surface area contributed by atoms with Crippen molar-refractivity contribution in [2.24, 2.45) is 0 Å². The highest BCUT2D eigenvalue weighted by molar-refractivity contribution is 5.79. The van der Waals surface area contributed by atoms with Crippen LogP contribution in [0.2, 0.25) is 0 Å². The van der Waals surface area contributed by atoms with Crippen LogP contribution in [0.15, 0.2) is 0 Å². The number of aliphatic hydroxyl groups is 1. The van der Waals surface area contributed by atoms with E-state index >= 15 is 0 Å². The summed E-state index contributed by atoms with van der Waals surface area (Å²) < 4.78 is 0. The summed E-state index contributed by atoms with van der Waals surface area (Å²) in [5, 5.41) is 11.8. The predicted molar refractivity (Wildman–Crippen MR) is 66.3 cm³/mol. The Hall–Kier alpha value is -0.610. The number of fused-ring (bicyclic) bond motifs is 2. The monoisotopic (exact) mass is 230 g/mol. The molecule has 2 N–H and O–H groups in total. The minimum absolute atomic E-state index is 0.118. The maximum atomic E-state index is 11.1. The van der Waals surface area contributed by atoms with Crippen molar-refractivity contribution >= 4 is 5.91 Å². The van der Waals surface area contributed by atoms with Crippen LogP contribution >= 0.6 is 0 Å². The average molecular weight is 230 g/mol. The molecule has 0 radical (unpaired) electrons. The quantitative estimate of drug-likeness (QED) is 0.706. The van der Waals surface area contributed by atoms with E-state index in [1.54, 1.807) is 4.90 Å². The molecule has 3 saturated heterocycles. The van der Waals surface area contributed by atoms with E-state index in [-0.39, 0.29) is 12.5 Å². The van der Waals surface area contributed by atoms with Gasteiger partial charge in [-0.15, -0.1) is 0 Å². The Morgan fingerprint density at radius 1 is 1.31 bits per heavy atom. The number of amides is 1. The van der Waals surface area contributed by atoms with E-state index in [0.717, 1.165) is 19.5 Å². The fourth-order valence-corrected chi connectivity index (χ4v) is 1.97. The first kappa shape index (κ1) is 15.4. The van der Waals surface area contributed by atoms with Crippen LogP contribution in [0.5, 0.6) is 0 Å². The number of hydrogen-bond acceptors (Lipinski definition) is 3. The highest BCUT2D eigenvalue weighted by Gasteiger charge is 2.43. The second-order valence-corrected chi connectivity index (χ2v) is 3.87. The van der Waals surface area contributed by atoms with Crippen molar-refractivity contribution in [2.45, 2.75) is 52.6 Å². The molecule has 2 unspecified atom stereocenters. The van der Waals surface area contributed by atoms with Gasteiger partial charge in [-0.05, 0) is 6.42 Å². The second kappa shape index (κ2) is 8.53. The molecule has 4 heteroatoms. The molecule has 0 aromatic rings.